The van der Waals surface area contributed by atoms with E-state index in [1.54, 1.807) is 0 Å². The highest BCUT2D eigenvalue weighted by molar-refractivity contribution is 5.98. The van der Waals surface area contributed by atoms with Gasteiger partial charge in [-0.1, -0.05) is 6.07 Å². The predicted molar refractivity (Wildman–Crippen MR) is 95.7 cm³/mol. The summed E-state index contributed by atoms with van der Waals surface area (Å²) < 4.78 is 17.8. The van der Waals surface area contributed by atoms with Crippen molar-refractivity contribution >= 4 is 5.91 Å². The van der Waals surface area contributed by atoms with E-state index in [9.17, 15) is 4.79 Å². The van der Waals surface area contributed by atoms with E-state index < -0.39 is 0 Å². The Morgan fingerprint density at radius 2 is 2.15 bits per heavy atom. The van der Waals surface area contributed by atoms with Crippen LogP contribution < -0.4 is 9.47 Å². The fourth-order valence-electron chi connectivity index (χ4n) is 5.42. The van der Waals surface area contributed by atoms with Gasteiger partial charge in [0.05, 0.1) is 23.8 Å². The number of para-hydroxylation sites is 1. The van der Waals surface area contributed by atoms with Gasteiger partial charge in [-0.05, 0) is 39.1 Å². The molecule has 0 aliphatic carbocycles. The number of benzene rings is 1. The minimum absolute atomic E-state index is 0.0341. The number of hydrogen-bond donors (Lipinski definition) is 0. The lowest BCUT2D eigenvalue weighted by Gasteiger charge is -2.30. The Bertz CT molecular complexity index is 737. The Labute approximate surface area is 154 Å². The van der Waals surface area contributed by atoms with Crippen molar-refractivity contribution < 1.29 is 19.0 Å². The molecule has 1 amide bonds. The number of hydrogen-bond acceptors (Lipinski definition) is 5. The largest absolute Gasteiger partial charge is 0.486 e. The van der Waals surface area contributed by atoms with Gasteiger partial charge < -0.3 is 24.0 Å². The number of carbonyl (C=O) groups excluding carboxylic acids is 1. The maximum absolute atomic E-state index is 13.3. The van der Waals surface area contributed by atoms with E-state index in [4.69, 9.17) is 14.2 Å². The zero-order chi connectivity index (χ0) is 17.9. The van der Waals surface area contributed by atoms with Gasteiger partial charge in [-0.15, -0.1) is 0 Å². The average molecular weight is 358 g/mol. The SMILES string of the molecule is CN(C)C[C@H]1[C@H]2CN(C(=O)c3cccc4c3OCCO4)C[C@]23CC[C@H]1O3. The molecule has 1 spiro atoms. The third-order valence-corrected chi connectivity index (χ3v) is 6.44. The summed E-state index contributed by atoms with van der Waals surface area (Å²) in [5.74, 6) is 2.24. The molecule has 4 aliphatic heterocycles. The molecule has 3 saturated heterocycles. The van der Waals surface area contributed by atoms with Crippen LogP contribution in [-0.4, -0.2) is 74.4 Å². The lowest BCUT2D eigenvalue weighted by Crippen LogP contribution is -2.40. The molecule has 0 radical (unpaired) electrons. The van der Waals surface area contributed by atoms with Crippen molar-refractivity contribution in [3.8, 4) is 11.5 Å². The quantitative estimate of drug-likeness (QED) is 0.822. The Morgan fingerprint density at radius 1 is 1.31 bits per heavy atom. The summed E-state index contributed by atoms with van der Waals surface area (Å²) in [7, 11) is 4.23. The van der Waals surface area contributed by atoms with Crippen LogP contribution >= 0.6 is 0 Å². The van der Waals surface area contributed by atoms with Crippen LogP contribution in [0.3, 0.4) is 0 Å². The molecule has 0 saturated carbocycles. The van der Waals surface area contributed by atoms with Gasteiger partial charge in [0, 0.05) is 24.9 Å². The van der Waals surface area contributed by atoms with Gasteiger partial charge in [-0.25, -0.2) is 0 Å². The molecule has 4 aliphatic rings. The first-order valence-electron chi connectivity index (χ1n) is 9.58. The lowest BCUT2D eigenvalue weighted by atomic mass is 9.73. The molecule has 3 fully saturated rings. The van der Waals surface area contributed by atoms with Crippen LogP contribution in [0.25, 0.3) is 0 Å². The molecule has 0 unspecified atom stereocenters. The van der Waals surface area contributed by atoms with Crippen LogP contribution in [0.1, 0.15) is 23.2 Å². The van der Waals surface area contributed by atoms with Gasteiger partial charge in [0.2, 0.25) is 0 Å². The normalized spacial score (nSPS) is 34.4. The van der Waals surface area contributed by atoms with Crippen molar-refractivity contribution in [1.82, 2.24) is 9.80 Å². The minimum Gasteiger partial charge on any atom is -0.486 e. The molecular formula is C20H26N2O4. The second-order valence-corrected chi connectivity index (χ2v) is 8.31. The van der Waals surface area contributed by atoms with Crippen LogP contribution in [0.5, 0.6) is 11.5 Å². The van der Waals surface area contributed by atoms with Gasteiger partial charge >= 0.3 is 0 Å². The molecule has 0 N–H and O–H groups in total. The van der Waals surface area contributed by atoms with Gasteiger partial charge in [-0.3, -0.25) is 4.79 Å². The van der Waals surface area contributed by atoms with E-state index in [0.717, 1.165) is 25.9 Å². The number of nitrogens with zero attached hydrogens (tertiary/aromatic N) is 2. The number of ether oxygens (including phenoxy) is 3. The fourth-order valence-corrected chi connectivity index (χ4v) is 5.42. The second kappa shape index (κ2) is 5.86. The number of amides is 1. The van der Waals surface area contributed by atoms with E-state index in [0.29, 0.717) is 54.8 Å². The van der Waals surface area contributed by atoms with Crippen molar-refractivity contribution in [2.24, 2.45) is 11.8 Å². The summed E-state index contributed by atoms with van der Waals surface area (Å²) in [5.41, 5.74) is 0.477. The molecule has 0 aromatic heterocycles. The molecule has 1 aromatic rings. The van der Waals surface area contributed by atoms with Crippen molar-refractivity contribution in [3.63, 3.8) is 0 Å². The van der Waals surface area contributed by atoms with Gasteiger partial charge in [0.15, 0.2) is 11.5 Å². The Kier molecular flexibility index (Phi) is 3.69. The average Bonchev–Trinajstić information content (AvgIpc) is 3.30. The smallest absolute Gasteiger partial charge is 0.257 e. The van der Waals surface area contributed by atoms with Crippen LogP contribution in [0.2, 0.25) is 0 Å². The van der Waals surface area contributed by atoms with Gasteiger partial charge in [0.25, 0.3) is 5.91 Å². The standard InChI is InChI=1S/C20H26N2O4/c1-21(2)10-14-15-11-22(12-20(15)7-6-16(14)26-20)19(23)13-4-3-5-17-18(13)25-9-8-24-17/h3-5,14-16H,6-12H2,1-2H3/t14-,15+,16+,20+/m0/s1. The monoisotopic (exact) mass is 358 g/mol. The molecule has 6 nitrogen and oxygen atoms in total. The summed E-state index contributed by atoms with van der Waals surface area (Å²) in [5, 5.41) is 0. The number of fused-ring (bicyclic) bond motifs is 2. The van der Waals surface area contributed by atoms with Crippen molar-refractivity contribution in [3.05, 3.63) is 23.8 Å². The van der Waals surface area contributed by atoms with E-state index in [1.807, 2.05) is 23.1 Å². The first-order valence-corrected chi connectivity index (χ1v) is 9.58. The summed E-state index contributed by atoms with van der Waals surface area (Å²) in [6.45, 7) is 3.51. The number of carbonyl (C=O) groups is 1. The van der Waals surface area contributed by atoms with E-state index >= 15 is 0 Å². The maximum Gasteiger partial charge on any atom is 0.257 e. The van der Waals surface area contributed by atoms with Crippen LogP contribution in [0.15, 0.2) is 18.2 Å². The minimum atomic E-state index is -0.132. The molecular weight excluding hydrogens is 332 g/mol. The summed E-state index contributed by atoms with van der Waals surface area (Å²) >= 11 is 0. The number of likely N-dealkylation sites (tertiary alicyclic amines) is 1. The molecule has 4 atom stereocenters. The fraction of sp³-hybridized carbons (Fsp3) is 0.650. The highest BCUT2D eigenvalue weighted by Gasteiger charge is 2.63. The zero-order valence-corrected chi connectivity index (χ0v) is 15.4. The molecule has 6 heteroatoms. The summed E-state index contributed by atoms with van der Waals surface area (Å²) in [6, 6.07) is 5.57. The zero-order valence-electron chi connectivity index (χ0n) is 15.4. The highest BCUT2D eigenvalue weighted by atomic mass is 16.6. The first-order chi connectivity index (χ1) is 12.6. The predicted octanol–water partition coefficient (Wildman–Crippen LogP) is 1.64. The molecule has 2 bridgehead atoms. The van der Waals surface area contributed by atoms with Crippen molar-refractivity contribution in [2.45, 2.75) is 24.5 Å². The summed E-state index contributed by atoms with van der Waals surface area (Å²) in [4.78, 5) is 17.5. The van der Waals surface area contributed by atoms with Crippen molar-refractivity contribution in [1.29, 1.82) is 0 Å². The molecule has 4 heterocycles. The Hall–Kier alpha value is -1.79. The van der Waals surface area contributed by atoms with E-state index in [2.05, 4.69) is 19.0 Å². The molecule has 140 valence electrons. The van der Waals surface area contributed by atoms with E-state index in [1.165, 1.54) is 0 Å². The second-order valence-electron chi connectivity index (χ2n) is 8.31. The Balaban J connectivity index is 1.41. The molecule has 26 heavy (non-hydrogen) atoms. The van der Waals surface area contributed by atoms with Crippen LogP contribution in [0, 0.1) is 11.8 Å². The van der Waals surface area contributed by atoms with E-state index in [-0.39, 0.29) is 11.5 Å². The van der Waals surface area contributed by atoms with Gasteiger partial charge in [-0.2, -0.15) is 0 Å². The topological polar surface area (TPSA) is 51.2 Å². The molecule has 5 rings (SSSR count). The van der Waals surface area contributed by atoms with Crippen molar-refractivity contribution in [2.75, 3.05) is 46.9 Å². The highest BCUT2D eigenvalue weighted by Crippen LogP contribution is 2.55. The molecule has 1 aromatic carbocycles. The van der Waals surface area contributed by atoms with Crippen LogP contribution in [-0.2, 0) is 4.74 Å². The summed E-state index contributed by atoms with van der Waals surface area (Å²) in [6.07, 6.45) is 2.55. The number of rotatable bonds is 3. The first kappa shape index (κ1) is 16.4. The van der Waals surface area contributed by atoms with Crippen LogP contribution in [0.4, 0.5) is 0 Å². The maximum atomic E-state index is 13.3. The third-order valence-electron chi connectivity index (χ3n) is 6.44. The Morgan fingerprint density at radius 3 is 3.00 bits per heavy atom. The third kappa shape index (κ3) is 2.35. The lowest BCUT2D eigenvalue weighted by molar-refractivity contribution is 0.00249. The van der Waals surface area contributed by atoms with Gasteiger partial charge in [0.1, 0.15) is 13.2 Å².